The maximum atomic E-state index is 13.6. The molecule has 180 valence electrons. The first kappa shape index (κ1) is 25.1. The maximum absolute atomic E-state index is 13.6. The largest absolute Gasteiger partial charge is 0.467 e. The zero-order valence-corrected chi connectivity index (χ0v) is 20.0. The van der Waals surface area contributed by atoms with E-state index in [-0.39, 0.29) is 25.3 Å². The monoisotopic (exact) mass is 486 g/mol. The Labute approximate surface area is 201 Å². The number of thiazole rings is 1. The average molecular weight is 487 g/mol. The highest BCUT2D eigenvalue weighted by Gasteiger charge is 2.34. The number of rotatable bonds is 9. The summed E-state index contributed by atoms with van der Waals surface area (Å²) >= 11 is 1.27. The quantitative estimate of drug-likeness (QED) is 0.470. The second-order valence-electron chi connectivity index (χ2n) is 8.68. The zero-order chi connectivity index (χ0) is 24.7. The highest BCUT2D eigenvalue weighted by molar-refractivity contribution is 7.13. The van der Waals surface area contributed by atoms with Gasteiger partial charge in [0.2, 0.25) is 17.7 Å². The standard InChI is InChI=1S/C24H27FN4O4S/c1-24(2,3)28-22(32)21(16-6-8-17(25)9-7-16)29(15-18-5-4-13-33-18)20(31)11-10-19(30)27-23-26-12-14-34-23/h4-9,12-14,21H,10-11,15H2,1-3H3,(H,28,32)(H,26,27,30)/t21-/m1/s1. The predicted molar refractivity (Wildman–Crippen MR) is 126 cm³/mol. The Hall–Kier alpha value is -3.53. The third-order valence-electron chi connectivity index (χ3n) is 4.72. The highest BCUT2D eigenvalue weighted by Crippen LogP contribution is 2.26. The van der Waals surface area contributed by atoms with Crippen LogP contribution in [0.2, 0.25) is 0 Å². The Morgan fingerprint density at radius 1 is 1.15 bits per heavy atom. The van der Waals surface area contributed by atoms with Gasteiger partial charge in [0.15, 0.2) is 5.13 Å². The SMILES string of the molecule is CC(C)(C)NC(=O)[C@@H](c1ccc(F)cc1)N(Cc1ccco1)C(=O)CCC(=O)Nc1nccs1. The Balaban J connectivity index is 1.87. The highest BCUT2D eigenvalue weighted by atomic mass is 32.1. The molecule has 10 heteroatoms. The van der Waals surface area contributed by atoms with Gasteiger partial charge in [-0.3, -0.25) is 14.4 Å². The van der Waals surface area contributed by atoms with Gasteiger partial charge in [-0.05, 0) is 50.6 Å². The molecule has 0 bridgehead atoms. The number of furan rings is 1. The fraction of sp³-hybridized carbons (Fsp3) is 0.333. The number of nitrogens with zero attached hydrogens (tertiary/aromatic N) is 2. The number of aromatic nitrogens is 1. The smallest absolute Gasteiger partial charge is 0.247 e. The first-order chi connectivity index (χ1) is 16.1. The van der Waals surface area contributed by atoms with Crippen molar-refractivity contribution in [3.05, 3.63) is 71.4 Å². The van der Waals surface area contributed by atoms with Gasteiger partial charge in [0.25, 0.3) is 0 Å². The second kappa shape index (κ2) is 11.1. The first-order valence-electron chi connectivity index (χ1n) is 10.7. The molecule has 0 aliphatic carbocycles. The van der Waals surface area contributed by atoms with Crippen LogP contribution in [0.1, 0.15) is 51.0 Å². The number of benzene rings is 1. The van der Waals surface area contributed by atoms with Crippen molar-refractivity contribution in [3.8, 4) is 0 Å². The number of hydrogen-bond donors (Lipinski definition) is 2. The fourth-order valence-corrected chi connectivity index (χ4v) is 3.83. The molecule has 2 aromatic heterocycles. The summed E-state index contributed by atoms with van der Waals surface area (Å²) in [7, 11) is 0. The van der Waals surface area contributed by atoms with E-state index in [9.17, 15) is 18.8 Å². The van der Waals surface area contributed by atoms with Gasteiger partial charge in [0.05, 0.1) is 12.8 Å². The van der Waals surface area contributed by atoms with E-state index in [1.165, 1.54) is 46.8 Å². The minimum absolute atomic E-state index is 0.000458. The number of carbonyl (C=O) groups is 3. The minimum Gasteiger partial charge on any atom is -0.467 e. The van der Waals surface area contributed by atoms with Crippen LogP contribution in [-0.2, 0) is 20.9 Å². The number of nitrogens with one attached hydrogen (secondary N) is 2. The normalized spacial score (nSPS) is 12.1. The van der Waals surface area contributed by atoms with Gasteiger partial charge in [-0.15, -0.1) is 11.3 Å². The van der Waals surface area contributed by atoms with E-state index in [0.29, 0.717) is 16.5 Å². The van der Waals surface area contributed by atoms with Crippen LogP contribution in [0.3, 0.4) is 0 Å². The number of carbonyl (C=O) groups excluding carboxylic acids is 3. The molecule has 1 atom stereocenters. The van der Waals surface area contributed by atoms with Crippen molar-refractivity contribution in [2.75, 3.05) is 5.32 Å². The van der Waals surface area contributed by atoms with Gasteiger partial charge >= 0.3 is 0 Å². The van der Waals surface area contributed by atoms with Gasteiger partial charge in [0.1, 0.15) is 17.6 Å². The van der Waals surface area contributed by atoms with E-state index in [0.717, 1.165) is 0 Å². The summed E-state index contributed by atoms with van der Waals surface area (Å²) in [6, 6.07) is 7.74. The van der Waals surface area contributed by atoms with Crippen LogP contribution < -0.4 is 10.6 Å². The van der Waals surface area contributed by atoms with Crippen LogP contribution in [0.25, 0.3) is 0 Å². The van der Waals surface area contributed by atoms with Crippen molar-refractivity contribution in [2.24, 2.45) is 0 Å². The van der Waals surface area contributed by atoms with Crippen LogP contribution in [0.15, 0.2) is 58.7 Å². The third-order valence-corrected chi connectivity index (χ3v) is 5.40. The molecule has 0 saturated heterocycles. The van der Waals surface area contributed by atoms with Crippen molar-refractivity contribution in [1.29, 1.82) is 0 Å². The lowest BCUT2D eigenvalue weighted by Gasteiger charge is -2.33. The lowest BCUT2D eigenvalue weighted by Crippen LogP contribution is -2.49. The number of halogens is 1. The molecule has 8 nitrogen and oxygen atoms in total. The molecule has 3 amide bonds. The van der Waals surface area contributed by atoms with E-state index in [1.54, 1.807) is 23.7 Å². The van der Waals surface area contributed by atoms with Crippen LogP contribution in [-0.4, -0.2) is 33.1 Å². The molecule has 0 saturated carbocycles. The fourth-order valence-electron chi connectivity index (χ4n) is 3.28. The second-order valence-corrected chi connectivity index (χ2v) is 9.57. The number of anilines is 1. The Bertz CT molecular complexity index is 1090. The van der Waals surface area contributed by atoms with E-state index in [1.807, 2.05) is 20.8 Å². The van der Waals surface area contributed by atoms with Gasteiger partial charge in [-0.1, -0.05) is 12.1 Å². The van der Waals surface area contributed by atoms with Crippen molar-refractivity contribution in [2.45, 2.75) is 51.7 Å². The summed E-state index contributed by atoms with van der Waals surface area (Å²) in [5.74, 6) is -1.20. The van der Waals surface area contributed by atoms with Crippen LogP contribution in [0.5, 0.6) is 0 Å². The lowest BCUT2D eigenvalue weighted by molar-refractivity contribution is -0.143. The van der Waals surface area contributed by atoms with Crippen molar-refractivity contribution < 1.29 is 23.2 Å². The minimum atomic E-state index is -1.06. The molecule has 0 aliphatic heterocycles. The number of amides is 3. The van der Waals surface area contributed by atoms with Gasteiger partial charge in [0, 0.05) is 30.0 Å². The molecule has 1 aromatic carbocycles. The van der Waals surface area contributed by atoms with Crippen LogP contribution in [0, 0.1) is 5.82 Å². The predicted octanol–water partition coefficient (Wildman–Crippen LogP) is 4.28. The summed E-state index contributed by atoms with van der Waals surface area (Å²) in [5, 5.41) is 7.71. The molecule has 0 fully saturated rings. The molecule has 2 N–H and O–H groups in total. The molecule has 0 radical (unpaired) electrons. The Morgan fingerprint density at radius 3 is 2.47 bits per heavy atom. The summed E-state index contributed by atoms with van der Waals surface area (Å²) in [5.41, 5.74) is -0.127. The topological polar surface area (TPSA) is 105 Å². The van der Waals surface area contributed by atoms with Crippen molar-refractivity contribution in [3.63, 3.8) is 0 Å². The average Bonchev–Trinajstić information content (AvgIpc) is 3.46. The maximum Gasteiger partial charge on any atom is 0.247 e. The van der Waals surface area contributed by atoms with E-state index >= 15 is 0 Å². The van der Waals surface area contributed by atoms with Gasteiger partial charge < -0.3 is 20.0 Å². The Kier molecular flexibility index (Phi) is 8.17. The lowest BCUT2D eigenvalue weighted by atomic mass is 10.0. The molecular weight excluding hydrogens is 459 g/mol. The van der Waals surface area contributed by atoms with E-state index < -0.39 is 29.2 Å². The number of hydrogen-bond acceptors (Lipinski definition) is 6. The molecule has 0 aliphatic rings. The van der Waals surface area contributed by atoms with Crippen LogP contribution in [0.4, 0.5) is 9.52 Å². The van der Waals surface area contributed by atoms with Gasteiger partial charge in [-0.25, -0.2) is 9.37 Å². The summed E-state index contributed by atoms with van der Waals surface area (Å²) in [6.45, 7) is 5.48. The van der Waals surface area contributed by atoms with Gasteiger partial charge in [-0.2, -0.15) is 0 Å². The zero-order valence-electron chi connectivity index (χ0n) is 19.2. The molecule has 2 heterocycles. The van der Waals surface area contributed by atoms with E-state index in [4.69, 9.17) is 4.42 Å². The van der Waals surface area contributed by atoms with Crippen molar-refractivity contribution >= 4 is 34.2 Å². The molecule has 34 heavy (non-hydrogen) atoms. The van der Waals surface area contributed by atoms with Crippen LogP contribution >= 0.6 is 11.3 Å². The molecule has 0 spiro atoms. The van der Waals surface area contributed by atoms with Crippen molar-refractivity contribution in [1.82, 2.24) is 15.2 Å². The summed E-state index contributed by atoms with van der Waals surface area (Å²) < 4.78 is 19.0. The third kappa shape index (κ3) is 7.24. The first-order valence-corrected chi connectivity index (χ1v) is 11.6. The molecule has 3 rings (SSSR count). The Morgan fingerprint density at radius 2 is 1.88 bits per heavy atom. The van der Waals surface area contributed by atoms with E-state index in [2.05, 4.69) is 15.6 Å². The molecule has 3 aromatic rings. The molecular formula is C24H27FN4O4S. The summed E-state index contributed by atoms with van der Waals surface area (Å²) in [4.78, 5) is 44.4. The molecule has 0 unspecified atom stereocenters. The summed E-state index contributed by atoms with van der Waals surface area (Å²) in [6.07, 6.45) is 2.81.